The number of carboxylic acids is 1. The molecule has 0 saturated heterocycles. The van der Waals surface area contributed by atoms with E-state index in [-0.39, 0.29) is 5.56 Å². The summed E-state index contributed by atoms with van der Waals surface area (Å²) in [5.41, 5.74) is 0.714. The number of nitrogens with zero attached hydrogens (tertiary/aromatic N) is 2. The molecule has 0 fully saturated rings. The molecule has 0 spiro atoms. The van der Waals surface area contributed by atoms with Gasteiger partial charge >= 0.3 is 5.97 Å². The van der Waals surface area contributed by atoms with Crippen LogP contribution in [0.1, 0.15) is 10.4 Å². The monoisotopic (exact) mass is 236 g/mol. The van der Waals surface area contributed by atoms with Crippen LogP contribution in [0, 0.1) is 0 Å². The molecule has 2 aromatic rings. The SMILES string of the molecule is Cn1ccnc1-c1cc(Cl)ccc1C(=O)O. The first kappa shape index (κ1) is 10.7. The fourth-order valence-electron chi connectivity index (χ4n) is 1.51. The fraction of sp³-hybridized carbons (Fsp3) is 0.0909. The van der Waals surface area contributed by atoms with Crippen LogP contribution in [0.15, 0.2) is 30.6 Å². The molecule has 1 heterocycles. The van der Waals surface area contributed by atoms with Crippen LogP contribution in [0.4, 0.5) is 0 Å². The van der Waals surface area contributed by atoms with E-state index >= 15 is 0 Å². The number of aromatic nitrogens is 2. The largest absolute Gasteiger partial charge is 0.478 e. The van der Waals surface area contributed by atoms with Gasteiger partial charge in [0.2, 0.25) is 0 Å². The number of carbonyl (C=O) groups is 1. The van der Waals surface area contributed by atoms with Crippen LogP contribution >= 0.6 is 11.6 Å². The summed E-state index contributed by atoms with van der Waals surface area (Å²) in [6.07, 6.45) is 3.36. The van der Waals surface area contributed by atoms with E-state index in [0.29, 0.717) is 16.4 Å². The molecule has 0 atom stereocenters. The Morgan fingerprint density at radius 3 is 2.81 bits per heavy atom. The molecule has 1 N–H and O–H groups in total. The summed E-state index contributed by atoms with van der Waals surface area (Å²) in [4.78, 5) is 15.2. The second-order valence-corrected chi connectivity index (χ2v) is 3.79. The van der Waals surface area contributed by atoms with Gasteiger partial charge in [0.25, 0.3) is 0 Å². The molecule has 16 heavy (non-hydrogen) atoms. The minimum absolute atomic E-state index is 0.193. The Morgan fingerprint density at radius 1 is 1.50 bits per heavy atom. The maximum atomic E-state index is 11.1. The molecular formula is C11H9ClN2O2. The van der Waals surface area contributed by atoms with Crippen LogP contribution in [-0.4, -0.2) is 20.6 Å². The van der Waals surface area contributed by atoms with Crippen molar-refractivity contribution in [1.82, 2.24) is 9.55 Å². The molecule has 0 amide bonds. The highest BCUT2D eigenvalue weighted by atomic mass is 35.5. The zero-order chi connectivity index (χ0) is 11.7. The molecule has 5 heteroatoms. The predicted molar refractivity (Wildman–Crippen MR) is 60.6 cm³/mol. The Labute approximate surface area is 97.1 Å². The number of carboxylic acid groups (broad SMARTS) is 1. The van der Waals surface area contributed by atoms with Crippen LogP contribution in [-0.2, 0) is 7.05 Å². The number of aromatic carboxylic acids is 1. The maximum Gasteiger partial charge on any atom is 0.336 e. The third-order valence-electron chi connectivity index (χ3n) is 2.27. The number of imidazole rings is 1. The van der Waals surface area contributed by atoms with Gasteiger partial charge < -0.3 is 9.67 Å². The second kappa shape index (κ2) is 3.98. The molecule has 0 saturated carbocycles. The Bertz CT molecular complexity index is 549. The van der Waals surface area contributed by atoms with Gasteiger partial charge in [0, 0.05) is 30.0 Å². The number of halogens is 1. The van der Waals surface area contributed by atoms with E-state index in [0.717, 1.165) is 0 Å². The van der Waals surface area contributed by atoms with Gasteiger partial charge in [0.1, 0.15) is 5.82 Å². The van der Waals surface area contributed by atoms with Crippen molar-refractivity contribution in [3.63, 3.8) is 0 Å². The molecule has 0 radical (unpaired) electrons. The second-order valence-electron chi connectivity index (χ2n) is 3.36. The van der Waals surface area contributed by atoms with Crippen LogP contribution in [0.5, 0.6) is 0 Å². The summed E-state index contributed by atoms with van der Waals surface area (Å²) in [6, 6.07) is 4.64. The van der Waals surface area contributed by atoms with Crippen molar-refractivity contribution in [3.05, 3.63) is 41.2 Å². The van der Waals surface area contributed by atoms with Crippen molar-refractivity contribution in [2.24, 2.45) is 7.05 Å². The third-order valence-corrected chi connectivity index (χ3v) is 2.51. The summed E-state index contributed by atoms with van der Waals surface area (Å²) in [6.45, 7) is 0. The summed E-state index contributed by atoms with van der Waals surface area (Å²) >= 11 is 5.86. The lowest BCUT2D eigenvalue weighted by atomic mass is 10.1. The van der Waals surface area contributed by atoms with Crippen LogP contribution < -0.4 is 0 Å². The summed E-state index contributed by atoms with van der Waals surface area (Å²) in [5.74, 6) is -0.408. The van der Waals surface area contributed by atoms with Gasteiger partial charge in [-0.25, -0.2) is 9.78 Å². The number of aryl methyl sites for hydroxylation is 1. The lowest BCUT2D eigenvalue weighted by Gasteiger charge is -2.06. The van der Waals surface area contributed by atoms with Crippen LogP contribution in [0.25, 0.3) is 11.4 Å². The number of hydrogen-bond donors (Lipinski definition) is 1. The summed E-state index contributed by atoms with van der Waals surface area (Å²) in [5, 5.41) is 9.56. The zero-order valence-electron chi connectivity index (χ0n) is 8.51. The first-order valence-electron chi connectivity index (χ1n) is 4.60. The molecule has 0 aliphatic rings. The van der Waals surface area contributed by atoms with Gasteiger partial charge in [-0.3, -0.25) is 0 Å². The molecule has 82 valence electrons. The Kier molecular flexibility index (Phi) is 2.66. The minimum atomic E-state index is -0.991. The van der Waals surface area contributed by atoms with Crippen LogP contribution in [0.2, 0.25) is 5.02 Å². The summed E-state index contributed by atoms with van der Waals surface area (Å²) in [7, 11) is 1.80. The molecule has 0 aliphatic heterocycles. The molecule has 1 aromatic carbocycles. The standard InChI is InChI=1S/C11H9ClN2O2/c1-14-5-4-13-10(14)9-6-7(12)2-3-8(9)11(15)16/h2-6H,1H3,(H,15,16). The Morgan fingerprint density at radius 2 is 2.25 bits per heavy atom. The lowest BCUT2D eigenvalue weighted by Crippen LogP contribution is -2.02. The van der Waals surface area contributed by atoms with Crippen molar-refractivity contribution in [2.75, 3.05) is 0 Å². The van der Waals surface area contributed by atoms with E-state index < -0.39 is 5.97 Å². The van der Waals surface area contributed by atoms with Crippen molar-refractivity contribution in [1.29, 1.82) is 0 Å². The molecule has 1 aromatic heterocycles. The van der Waals surface area contributed by atoms with Gasteiger partial charge in [0.15, 0.2) is 0 Å². The highest BCUT2D eigenvalue weighted by molar-refractivity contribution is 6.31. The first-order valence-corrected chi connectivity index (χ1v) is 4.98. The van der Waals surface area contributed by atoms with E-state index in [4.69, 9.17) is 16.7 Å². The molecule has 4 nitrogen and oxygen atoms in total. The summed E-state index contributed by atoms with van der Waals surface area (Å²) < 4.78 is 1.75. The molecule has 0 aliphatic carbocycles. The Balaban J connectivity index is 2.67. The maximum absolute atomic E-state index is 11.1. The van der Waals surface area contributed by atoms with E-state index in [1.54, 1.807) is 36.1 Å². The topological polar surface area (TPSA) is 55.1 Å². The Hall–Kier alpha value is -1.81. The predicted octanol–water partition coefficient (Wildman–Crippen LogP) is 2.44. The van der Waals surface area contributed by atoms with E-state index in [2.05, 4.69) is 4.98 Å². The highest BCUT2D eigenvalue weighted by Gasteiger charge is 2.14. The van der Waals surface area contributed by atoms with Crippen molar-refractivity contribution < 1.29 is 9.90 Å². The highest BCUT2D eigenvalue weighted by Crippen LogP contribution is 2.25. The molecule has 0 bridgehead atoms. The lowest BCUT2D eigenvalue weighted by molar-refractivity contribution is 0.0697. The fourth-order valence-corrected chi connectivity index (χ4v) is 1.69. The number of hydrogen-bond acceptors (Lipinski definition) is 2. The van der Waals surface area contributed by atoms with E-state index in [9.17, 15) is 4.79 Å². The van der Waals surface area contributed by atoms with E-state index in [1.807, 2.05) is 0 Å². The van der Waals surface area contributed by atoms with Gasteiger partial charge in [-0.1, -0.05) is 11.6 Å². The molecule has 2 rings (SSSR count). The number of benzene rings is 1. The van der Waals surface area contributed by atoms with Gasteiger partial charge in [-0.05, 0) is 18.2 Å². The normalized spacial score (nSPS) is 10.4. The first-order chi connectivity index (χ1) is 7.59. The van der Waals surface area contributed by atoms with Gasteiger partial charge in [0.05, 0.1) is 5.56 Å². The van der Waals surface area contributed by atoms with Crippen LogP contribution in [0.3, 0.4) is 0 Å². The molecular weight excluding hydrogens is 228 g/mol. The van der Waals surface area contributed by atoms with Gasteiger partial charge in [-0.15, -0.1) is 0 Å². The quantitative estimate of drug-likeness (QED) is 0.871. The average Bonchev–Trinajstić information content (AvgIpc) is 2.63. The van der Waals surface area contributed by atoms with E-state index in [1.165, 1.54) is 6.07 Å². The van der Waals surface area contributed by atoms with Crippen molar-refractivity contribution in [3.8, 4) is 11.4 Å². The van der Waals surface area contributed by atoms with Crippen molar-refractivity contribution in [2.45, 2.75) is 0 Å². The van der Waals surface area contributed by atoms with Gasteiger partial charge in [-0.2, -0.15) is 0 Å². The van der Waals surface area contributed by atoms with Crippen molar-refractivity contribution >= 4 is 17.6 Å². The number of rotatable bonds is 2. The zero-order valence-corrected chi connectivity index (χ0v) is 9.27. The third kappa shape index (κ3) is 1.79. The minimum Gasteiger partial charge on any atom is -0.478 e. The smallest absolute Gasteiger partial charge is 0.336 e. The average molecular weight is 237 g/mol. The molecule has 0 unspecified atom stereocenters.